The van der Waals surface area contributed by atoms with E-state index < -0.39 is 17.7 Å². The lowest BCUT2D eigenvalue weighted by atomic mass is 10.2. The molecule has 0 radical (unpaired) electrons. The average Bonchev–Trinajstić information content (AvgIpc) is 2.84. The standard InChI is InChI=1S/C9H8F4N2/c10-6-2-1-3-7(14-6)15-8(4-5-8)9(11,12)13/h1-3H,4-5H2,(H,14,15). The van der Waals surface area contributed by atoms with E-state index in [-0.39, 0.29) is 18.7 Å². The SMILES string of the molecule is Fc1cccc(NC2(C(F)(F)F)CC2)n1. The molecule has 1 N–H and O–H groups in total. The minimum absolute atomic E-state index is 0.00862. The van der Waals surface area contributed by atoms with E-state index >= 15 is 0 Å². The average molecular weight is 220 g/mol. The molecule has 82 valence electrons. The fourth-order valence-corrected chi connectivity index (χ4v) is 1.33. The van der Waals surface area contributed by atoms with Crippen molar-refractivity contribution in [2.75, 3.05) is 5.32 Å². The molecule has 0 amide bonds. The molecule has 2 nitrogen and oxygen atoms in total. The third kappa shape index (κ3) is 1.88. The smallest absolute Gasteiger partial charge is 0.356 e. The molecule has 0 saturated heterocycles. The van der Waals surface area contributed by atoms with Gasteiger partial charge in [-0.2, -0.15) is 17.6 Å². The molecule has 1 aliphatic carbocycles. The molecule has 0 aromatic carbocycles. The minimum atomic E-state index is -4.32. The lowest BCUT2D eigenvalue weighted by Crippen LogP contribution is -2.38. The second kappa shape index (κ2) is 3.08. The Morgan fingerprint density at radius 1 is 1.27 bits per heavy atom. The van der Waals surface area contributed by atoms with E-state index in [2.05, 4.69) is 10.3 Å². The van der Waals surface area contributed by atoms with Crippen molar-refractivity contribution in [3.8, 4) is 0 Å². The molecule has 1 aliphatic rings. The van der Waals surface area contributed by atoms with Gasteiger partial charge in [-0.15, -0.1) is 0 Å². The van der Waals surface area contributed by atoms with Crippen LogP contribution in [0.15, 0.2) is 18.2 Å². The summed E-state index contributed by atoms with van der Waals surface area (Å²) in [6.45, 7) is 0. The van der Waals surface area contributed by atoms with Crippen LogP contribution >= 0.6 is 0 Å². The van der Waals surface area contributed by atoms with Crippen LogP contribution in [0.25, 0.3) is 0 Å². The van der Waals surface area contributed by atoms with Crippen molar-refractivity contribution in [3.63, 3.8) is 0 Å². The van der Waals surface area contributed by atoms with E-state index in [0.29, 0.717) is 0 Å². The van der Waals surface area contributed by atoms with Gasteiger partial charge in [0.15, 0.2) is 0 Å². The van der Waals surface area contributed by atoms with Crippen LogP contribution in [0.4, 0.5) is 23.4 Å². The molecule has 1 aromatic heterocycles. The fraction of sp³-hybridized carbons (Fsp3) is 0.444. The second-order valence-electron chi connectivity index (χ2n) is 3.55. The highest BCUT2D eigenvalue weighted by Crippen LogP contribution is 2.50. The number of hydrogen-bond acceptors (Lipinski definition) is 2. The highest BCUT2D eigenvalue weighted by atomic mass is 19.4. The number of rotatable bonds is 2. The Balaban J connectivity index is 2.16. The van der Waals surface area contributed by atoms with Gasteiger partial charge in [0.05, 0.1) is 0 Å². The summed E-state index contributed by atoms with van der Waals surface area (Å²) in [4.78, 5) is 3.33. The zero-order valence-corrected chi connectivity index (χ0v) is 7.61. The van der Waals surface area contributed by atoms with Crippen molar-refractivity contribution >= 4 is 5.82 Å². The topological polar surface area (TPSA) is 24.9 Å². The molecule has 0 unspecified atom stereocenters. The molecule has 1 aromatic rings. The van der Waals surface area contributed by atoms with Crippen molar-refractivity contribution in [1.29, 1.82) is 0 Å². The van der Waals surface area contributed by atoms with Crippen LogP contribution in [0.1, 0.15) is 12.8 Å². The number of pyridine rings is 1. The number of aromatic nitrogens is 1. The molecule has 0 spiro atoms. The first-order chi connectivity index (χ1) is 6.93. The van der Waals surface area contributed by atoms with Gasteiger partial charge in [0.2, 0.25) is 5.95 Å². The molecule has 2 rings (SSSR count). The van der Waals surface area contributed by atoms with Crippen molar-refractivity contribution in [3.05, 3.63) is 24.1 Å². The number of hydrogen-bond donors (Lipinski definition) is 1. The summed E-state index contributed by atoms with van der Waals surface area (Å²) in [5.74, 6) is -0.872. The number of anilines is 1. The van der Waals surface area contributed by atoms with Crippen LogP contribution in [-0.2, 0) is 0 Å². The first-order valence-electron chi connectivity index (χ1n) is 4.40. The van der Waals surface area contributed by atoms with Crippen molar-refractivity contribution in [1.82, 2.24) is 4.98 Å². The number of alkyl halides is 3. The maximum absolute atomic E-state index is 12.6. The molecule has 1 heterocycles. The third-order valence-electron chi connectivity index (χ3n) is 2.38. The maximum Gasteiger partial charge on any atom is 0.411 e. The van der Waals surface area contributed by atoms with E-state index in [4.69, 9.17) is 0 Å². The number of nitrogens with one attached hydrogen (secondary N) is 1. The Bertz CT molecular complexity index is 371. The van der Waals surface area contributed by atoms with Crippen LogP contribution < -0.4 is 5.32 Å². The first kappa shape index (κ1) is 10.2. The normalized spacial score (nSPS) is 18.7. The van der Waals surface area contributed by atoms with Gasteiger partial charge in [-0.3, -0.25) is 0 Å². The highest BCUT2D eigenvalue weighted by molar-refractivity contribution is 5.41. The predicted molar refractivity (Wildman–Crippen MR) is 45.8 cm³/mol. The molecule has 0 bridgehead atoms. The van der Waals surface area contributed by atoms with Crippen LogP contribution in [0.5, 0.6) is 0 Å². The van der Waals surface area contributed by atoms with E-state index in [1.165, 1.54) is 12.1 Å². The van der Waals surface area contributed by atoms with Crippen LogP contribution in [0.3, 0.4) is 0 Å². The molecular weight excluding hydrogens is 212 g/mol. The molecule has 15 heavy (non-hydrogen) atoms. The van der Waals surface area contributed by atoms with Crippen LogP contribution in [-0.4, -0.2) is 16.7 Å². The van der Waals surface area contributed by atoms with Gasteiger partial charge < -0.3 is 5.32 Å². The summed E-state index contributed by atoms with van der Waals surface area (Å²) in [6, 6.07) is 3.71. The van der Waals surface area contributed by atoms with Crippen LogP contribution in [0, 0.1) is 5.95 Å². The quantitative estimate of drug-likeness (QED) is 0.612. The Morgan fingerprint density at radius 3 is 2.40 bits per heavy atom. The van der Waals surface area contributed by atoms with E-state index in [9.17, 15) is 17.6 Å². The zero-order chi connectivity index (χ0) is 11.1. The van der Waals surface area contributed by atoms with Crippen molar-refractivity contribution in [2.24, 2.45) is 0 Å². The first-order valence-corrected chi connectivity index (χ1v) is 4.40. The number of nitrogens with zero attached hydrogens (tertiary/aromatic N) is 1. The monoisotopic (exact) mass is 220 g/mol. The van der Waals surface area contributed by atoms with E-state index in [0.717, 1.165) is 6.07 Å². The lowest BCUT2D eigenvalue weighted by molar-refractivity contribution is -0.151. The summed E-state index contributed by atoms with van der Waals surface area (Å²) in [5, 5.41) is 2.23. The summed E-state index contributed by atoms with van der Waals surface area (Å²) >= 11 is 0. The highest BCUT2D eigenvalue weighted by Gasteiger charge is 2.63. The summed E-state index contributed by atoms with van der Waals surface area (Å²) in [6.07, 6.45) is -4.30. The van der Waals surface area contributed by atoms with Crippen molar-refractivity contribution in [2.45, 2.75) is 24.6 Å². The summed E-state index contributed by atoms with van der Waals surface area (Å²) in [5.41, 5.74) is -1.90. The summed E-state index contributed by atoms with van der Waals surface area (Å²) in [7, 11) is 0. The Kier molecular flexibility index (Phi) is 2.09. The summed E-state index contributed by atoms with van der Waals surface area (Å²) < 4.78 is 50.1. The van der Waals surface area contributed by atoms with Crippen molar-refractivity contribution < 1.29 is 17.6 Å². The minimum Gasteiger partial charge on any atom is -0.356 e. The molecule has 1 fully saturated rings. The Morgan fingerprint density at radius 2 is 1.93 bits per heavy atom. The van der Waals surface area contributed by atoms with E-state index in [1.807, 2.05) is 0 Å². The van der Waals surface area contributed by atoms with E-state index in [1.54, 1.807) is 0 Å². The maximum atomic E-state index is 12.6. The predicted octanol–water partition coefficient (Wildman–Crippen LogP) is 2.73. The van der Waals surface area contributed by atoms with Gasteiger partial charge in [-0.1, -0.05) is 6.07 Å². The number of halogens is 4. The van der Waals surface area contributed by atoms with Gasteiger partial charge in [-0.05, 0) is 25.0 Å². The molecule has 6 heteroatoms. The third-order valence-corrected chi connectivity index (χ3v) is 2.38. The van der Waals surface area contributed by atoms with Crippen LogP contribution in [0.2, 0.25) is 0 Å². The fourth-order valence-electron chi connectivity index (χ4n) is 1.33. The Labute approximate surface area is 83.3 Å². The molecular formula is C9H8F4N2. The molecule has 0 aliphatic heterocycles. The van der Waals surface area contributed by atoms with Gasteiger partial charge in [-0.25, -0.2) is 4.98 Å². The van der Waals surface area contributed by atoms with Gasteiger partial charge in [0.1, 0.15) is 11.4 Å². The Hall–Kier alpha value is -1.33. The van der Waals surface area contributed by atoms with Gasteiger partial charge in [0.25, 0.3) is 0 Å². The zero-order valence-electron chi connectivity index (χ0n) is 7.61. The second-order valence-corrected chi connectivity index (χ2v) is 3.55. The molecule has 1 saturated carbocycles. The van der Waals surface area contributed by atoms with Gasteiger partial charge >= 0.3 is 6.18 Å². The van der Waals surface area contributed by atoms with Gasteiger partial charge in [0, 0.05) is 0 Å². The largest absolute Gasteiger partial charge is 0.411 e. The molecule has 0 atom stereocenters. The lowest BCUT2D eigenvalue weighted by Gasteiger charge is -2.21.